The molecule has 3 heterocycles. The summed E-state index contributed by atoms with van der Waals surface area (Å²) in [6.07, 6.45) is 1.82. The number of anilines is 3. The number of hydrogen-bond acceptors (Lipinski definition) is 4. The number of benzene rings is 5. The summed E-state index contributed by atoms with van der Waals surface area (Å²) in [5, 5.41) is 2.24. The van der Waals surface area contributed by atoms with E-state index in [9.17, 15) is 0 Å². The van der Waals surface area contributed by atoms with Gasteiger partial charge in [-0.1, -0.05) is 87.0 Å². The molecule has 0 unspecified atom stereocenters. The Labute approximate surface area is 290 Å². The first kappa shape index (κ1) is 30.8. The average Bonchev–Trinajstić information content (AvgIpc) is 3.59. The van der Waals surface area contributed by atoms with Gasteiger partial charge in [0.15, 0.2) is 0 Å². The zero-order chi connectivity index (χ0) is 31.4. The number of aromatic nitrogens is 2. The van der Waals surface area contributed by atoms with Crippen molar-refractivity contribution in [3.05, 3.63) is 146 Å². The summed E-state index contributed by atoms with van der Waals surface area (Å²) in [5.41, 5.74) is 8.66. The van der Waals surface area contributed by atoms with E-state index in [2.05, 4.69) is 151 Å². The third-order valence-electron chi connectivity index (χ3n) is 8.62. The fraction of sp³-hybridized carbons (Fsp3) is 0.122. The van der Waals surface area contributed by atoms with E-state index in [0.717, 1.165) is 55.8 Å². The molecule has 6 heteroatoms. The average molecular weight is 793 g/mol. The first-order valence-corrected chi connectivity index (χ1v) is 15.5. The van der Waals surface area contributed by atoms with Crippen LogP contribution < -0.4 is 14.5 Å². The molecule has 1 aliphatic heterocycles. The van der Waals surface area contributed by atoms with Crippen LogP contribution in [0.4, 0.5) is 17.1 Å². The molecule has 2 aromatic heterocycles. The van der Waals surface area contributed by atoms with Gasteiger partial charge in [-0.2, -0.15) is 12.7 Å². The van der Waals surface area contributed by atoms with Crippen molar-refractivity contribution in [2.24, 2.45) is 0 Å². The molecule has 0 saturated carbocycles. The molecule has 0 spiro atoms. The van der Waals surface area contributed by atoms with Crippen LogP contribution in [-0.4, -0.2) is 16.6 Å². The van der Waals surface area contributed by atoms with Crippen molar-refractivity contribution in [1.29, 1.82) is 0 Å². The predicted octanol–water partition coefficient (Wildman–Crippen LogP) is 10.2. The molecule has 47 heavy (non-hydrogen) atoms. The molecule has 0 atom stereocenters. The van der Waals surface area contributed by atoms with E-state index in [1.165, 1.54) is 5.56 Å². The summed E-state index contributed by atoms with van der Waals surface area (Å²) >= 11 is 0. The zero-order valence-corrected chi connectivity index (χ0v) is 28.9. The van der Waals surface area contributed by atoms with E-state index in [1.807, 2.05) is 36.5 Å². The van der Waals surface area contributed by atoms with Crippen LogP contribution in [0.25, 0.3) is 38.8 Å². The van der Waals surface area contributed by atoms with Crippen LogP contribution in [0.15, 0.2) is 121 Å². The van der Waals surface area contributed by atoms with Crippen molar-refractivity contribution in [3.8, 4) is 28.4 Å². The second kappa shape index (κ2) is 12.1. The minimum Gasteiger partial charge on any atom is -0.509 e. The van der Waals surface area contributed by atoms with Gasteiger partial charge in [0.25, 0.3) is 0 Å². The molecule has 0 aliphatic carbocycles. The Morgan fingerprint density at radius 2 is 1.49 bits per heavy atom. The summed E-state index contributed by atoms with van der Waals surface area (Å²) in [6, 6.07) is 46.9. The van der Waals surface area contributed by atoms with Gasteiger partial charge in [0.2, 0.25) is 0 Å². The maximum atomic E-state index is 6.62. The first-order valence-electron chi connectivity index (χ1n) is 15.5. The minimum atomic E-state index is 0. The molecule has 7 aromatic rings. The normalized spacial score (nSPS) is 12.8. The maximum absolute atomic E-state index is 6.62. The Hall–Kier alpha value is -4.86. The fourth-order valence-corrected chi connectivity index (χ4v) is 6.25. The molecule has 0 bridgehead atoms. The number of hydrogen-bond donors (Lipinski definition) is 0. The molecule has 0 saturated heterocycles. The Morgan fingerprint density at radius 3 is 2.28 bits per heavy atom. The molecule has 5 aromatic carbocycles. The largest absolute Gasteiger partial charge is 0.509 e. The van der Waals surface area contributed by atoms with E-state index < -0.39 is 0 Å². The topological polar surface area (TPSA) is 33.5 Å². The van der Waals surface area contributed by atoms with Crippen LogP contribution in [0, 0.1) is 18.8 Å². The minimum absolute atomic E-state index is 0. The molecular weight excluding hydrogens is 760 g/mol. The Bertz CT molecular complexity index is 2220. The monoisotopic (exact) mass is 792 g/mol. The van der Waals surface area contributed by atoms with Crippen molar-refractivity contribution in [3.63, 3.8) is 0 Å². The van der Waals surface area contributed by atoms with E-state index >= 15 is 0 Å². The summed E-state index contributed by atoms with van der Waals surface area (Å²) in [5.74, 6) is 2.06. The SMILES string of the molecule is CN1[CH-]N(c2[c-]c(Oc3[c-]c4c(cc3)c3ccccc3n4-c3ccccn3)cc(-c3ccccc3)c2)c2ccc(C(C)(C)C)cc21.[Pt]. The van der Waals surface area contributed by atoms with Gasteiger partial charge in [-0.25, -0.2) is 4.98 Å². The number of pyridine rings is 1. The summed E-state index contributed by atoms with van der Waals surface area (Å²) < 4.78 is 8.76. The number of rotatable bonds is 5. The van der Waals surface area contributed by atoms with Gasteiger partial charge in [-0.3, -0.25) is 0 Å². The van der Waals surface area contributed by atoms with E-state index in [1.54, 1.807) is 0 Å². The number of nitrogens with zero attached hydrogens (tertiary/aromatic N) is 4. The van der Waals surface area contributed by atoms with Gasteiger partial charge in [0, 0.05) is 55.7 Å². The maximum Gasteiger partial charge on any atom is 0.135 e. The molecule has 0 amide bonds. The van der Waals surface area contributed by atoms with E-state index in [-0.39, 0.29) is 26.5 Å². The van der Waals surface area contributed by atoms with Crippen molar-refractivity contribution < 1.29 is 25.8 Å². The standard InChI is InChI=1S/C41H33N4O.Pt/c1-41(2,3)30-17-20-37-39(24-30)43(4)27-44(37)31-22-29(28-12-6-5-7-13-28)23-33(25-31)46-32-18-19-35-34-14-8-9-15-36(34)45(38(35)26-32)40-16-10-11-21-42-40;/h5-24,27H,1-4H3;/q-3;. The van der Waals surface area contributed by atoms with E-state index in [0.29, 0.717) is 11.5 Å². The molecule has 0 radical (unpaired) electrons. The van der Waals surface area contributed by atoms with Crippen LogP contribution in [0.5, 0.6) is 11.5 Å². The van der Waals surface area contributed by atoms with Crippen LogP contribution >= 0.6 is 0 Å². The third kappa shape index (κ3) is 5.59. The summed E-state index contributed by atoms with van der Waals surface area (Å²) in [4.78, 5) is 9.02. The van der Waals surface area contributed by atoms with Crippen molar-refractivity contribution >= 4 is 38.9 Å². The molecular formula is C41H33N4OPt-3. The van der Waals surface area contributed by atoms with Gasteiger partial charge in [0.1, 0.15) is 5.82 Å². The Morgan fingerprint density at radius 1 is 0.702 bits per heavy atom. The van der Waals surface area contributed by atoms with Gasteiger partial charge < -0.3 is 19.1 Å². The molecule has 236 valence electrons. The van der Waals surface area contributed by atoms with Gasteiger partial charge in [0.05, 0.1) is 0 Å². The van der Waals surface area contributed by atoms with Gasteiger partial charge in [-0.05, 0) is 59.3 Å². The quantitative estimate of drug-likeness (QED) is 0.163. The van der Waals surface area contributed by atoms with Crippen LogP contribution in [0.1, 0.15) is 26.3 Å². The second-order valence-corrected chi connectivity index (χ2v) is 12.8. The van der Waals surface area contributed by atoms with Crippen LogP contribution in [0.3, 0.4) is 0 Å². The number of para-hydroxylation sites is 1. The molecule has 8 rings (SSSR count). The number of ether oxygens (including phenoxy) is 1. The zero-order valence-electron chi connectivity index (χ0n) is 26.6. The second-order valence-electron chi connectivity index (χ2n) is 12.8. The first-order chi connectivity index (χ1) is 22.3. The summed E-state index contributed by atoms with van der Waals surface area (Å²) in [7, 11) is 2.09. The fourth-order valence-electron chi connectivity index (χ4n) is 6.25. The van der Waals surface area contributed by atoms with Crippen molar-refractivity contribution in [2.75, 3.05) is 16.8 Å². The van der Waals surface area contributed by atoms with E-state index in [4.69, 9.17) is 4.74 Å². The molecule has 0 N–H and O–H groups in total. The predicted molar refractivity (Wildman–Crippen MR) is 188 cm³/mol. The Kier molecular flexibility index (Phi) is 7.90. The smallest absolute Gasteiger partial charge is 0.135 e. The molecule has 1 aliphatic rings. The summed E-state index contributed by atoms with van der Waals surface area (Å²) in [6.45, 7) is 8.85. The third-order valence-corrected chi connectivity index (χ3v) is 8.62. The number of fused-ring (bicyclic) bond motifs is 4. The van der Waals surface area contributed by atoms with Crippen LogP contribution in [0.2, 0.25) is 0 Å². The van der Waals surface area contributed by atoms with Crippen LogP contribution in [-0.2, 0) is 26.5 Å². The van der Waals surface area contributed by atoms with Crippen molar-refractivity contribution in [2.45, 2.75) is 26.2 Å². The molecule has 0 fully saturated rings. The van der Waals surface area contributed by atoms with Gasteiger partial charge >= 0.3 is 0 Å². The van der Waals surface area contributed by atoms with Crippen molar-refractivity contribution in [1.82, 2.24) is 9.55 Å². The molecule has 5 nitrogen and oxygen atoms in total. The van der Waals surface area contributed by atoms with Gasteiger partial charge in [-0.15, -0.1) is 47.0 Å². The Balaban J connectivity index is 0.00000351.